The van der Waals surface area contributed by atoms with Crippen LogP contribution in [-0.2, 0) is 4.74 Å². The van der Waals surface area contributed by atoms with Crippen LogP contribution in [0.15, 0.2) is 12.1 Å². The number of carbonyl (C=O) groups excluding carboxylic acids is 1. The Hall–Kier alpha value is -1.94. The number of esters is 1. The fourth-order valence-corrected chi connectivity index (χ4v) is 1.46. The number of rotatable bonds is 3. The van der Waals surface area contributed by atoms with E-state index in [2.05, 4.69) is 9.47 Å². The molecule has 102 valence electrons. The van der Waals surface area contributed by atoms with Crippen LogP contribution >= 0.6 is 11.6 Å². The number of halogens is 4. The molecule has 0 N–H and O–H groups in total. The zero-order chi connectivity index (χ0) is 14.6. The monoisotopic (exact) mass is 293 g/mol. The summed E-state index contributed by atoms with van der Waals surface area (Å²) in [6, 6.07) is 3.14. The van der Waals surface area contributed by atoms with Crippen molar-refractivity contribution < 1.29 is 27.4 Å². The van der Waals surface area contributed by atoms with Gasteiger partial charge >= 0.3 is 12.3 Å². The van der Waals surface area contributed by atoms with Gasteiger partial charge < -0.3 is 9.47 Å². The number of hydrogen-bond donors (Lipinski definition) is 0. The van der Waals surface area contributed by atoms with E-state index in [4.69, 9.17) is 16.9 Å². The molecule has 0 aliphatic heterocycles. The Morgan fingerprint density at radius 2 is 2.11 bits per heavy atom. The molecule has 0 atom stereocenters. The summed E-state index contributed by atoms with van der Waals surface area (Å²) >= 11 is 5.69. The van der Waals surface area contributed by atoms with Crippen LogP contribution in [-0.4, -0.2) is 18.9 Å². The molecule has 0 aromatic heterocycles. The van der Waals surface area contributed by atoms with Gasteiger partial charge in [-0.1, -0.05) is 11.6 Å². The van der Waals surface area contributed by atoms with E-state index >= 15 is 0 Å². The van der Waals surface area contributed by atoms with Gasteiger partial charge in [0.1, 0.15) is 11.8 Å². The van der Waals surface area contributed by atoms with Gasteiger partial charge in [0.05, 0.1) is 22.8 Å². The van der Waals surface area contributed by atoms with Crippen molar-refractivity contribution in [3.05, 3.63) is 28.3 Å². The summed E-state index contributed by atoms with van der Waals surface area (Å²) < 4.78 is 44.8. The Morgan fingerprint density at radius 3 is 2.58 bits per heavy atom. The molecule has 0 amide bonds. The maximum Gasteiger partial charge on any atom is 0.573 e. The van der Waals surface area contributed by atoms with Crippen LogP contribution in [0.3, 0.4) is 0 Å². The van der Waals surface area contributed by atoms with Gasteiger partial charge in [-0.2, -0.15) is 5.26 Å². The van der Waals surface area contributed by atoms with Gasteiger partial charge in [-0.3, -0.25) is 0 Å². The van der Waals surface area contributed by atoms with Gasteiger partial charge in [0.15, 0.2) is 0 Å². The molecule has 1 rings (SSSR count). The third-order valence-corrected chi connectivity index (χ3v) is 2.22. The molecule has 0 saturated heterocycles. The lowest BCUT2D eigenvalue weighted by Gasteiger charge is -2.12. The Bertz CT molecular complexity index is 537. The van der Waals surface area contributed by atoms with Crippen molar-refractivity contribution in [1.29, 1.82) is 5.26 Å². The van der Waals surface area contributed by atoms with Gasteiger partial charge in [-0.25, -0.2) is 4.79 Å². The minimum absolute atomic E-state index is 0.0324. The molecule has 19 heavy (non-hydrogen) atoms. The van der Waals surface area contributed by atoms with Crippen LogP contribution < -0.4 is 4.74 Å². The van der Waals surface area contributed by atoms with E-state index in [1.165, 1.54) is 13.0 Å². The highest BCUT2D eigenvalue weighted by atomic mass is 35.5. The fraction of sp³-hybridized carbons (Fsp3) is 0.273. The molecule has 4 nitrogen and oxygen atoms in total. The Labute approximate surface area is 111 Å². The fourth-order valence-electron chi connectivity index (χ4n) is 1.22. The lowest BCUT2D eigenvalue weighted by Crippen LogP contribution is -2.18. The van der Waals surface area contributed by atoms with Gasteiger partial charge in [0, 0.05) is 0 Å². The number of benzene rings is 1. The van der Waals surface area contributed by atoms with Crippen molar-refractivity contribution in [3.63, 3.8) is 0 Å². The highest BCUT2D eigenvalue weighted by molar-refractivity contribution is 6.33. The average Bonchev–Trinajstić information content (AvgIpc) is 2.29. The minimum atomic E-state index is -4.98. The maximum atomic E-state index is 12.2. The first-order chi connectivity index (χ1) is 8.78. The quantitative estimate of drug-likeness (QED) is 0.802. The maximum absolute atomic E-state index is 12.2. The number of carbonyl (C=O) groups is 1. The van der Waals surface area contributed by atoms with Crippen LogP contribution in [0.1, 0.15) is 22.8 Å². The number of hydrogen-bond acceptors (Lipinski definition) is 4. The van der Waals surface area contributed by atoms with Crippen LogP contribution in [0.5, 0.6) is 5.75 Å². The smallest absolute Gasteiger partial charge is 0.462 e. The predicted octanol–water partition coefficient (Wildman–Crippen LogP) is 3.29. The van der Waals surface area contributed by atoms with Crippen molar-refractivity contribution in [1.82, 2.24) is 0 Å². The second kappa shape index (κ2) is 5.80. The molecule has 0 fully saturated rings. The van der Waals surface area contributed by atoms with Crippen molar-refractivity contribution in [3.8, 4) is 11.8 Å². The highest BCUT2D eigenvalue weighted by Gasteiger charge is 2.33. The summed E-state index contributed by atoms with van der Waals surface area (Å²) in [5.74, 6) is -1.70. The Morgan fingerprint density at radius 1 is 1.47 bits per heavy atom. The first-order valence-electron chi connectivity index (χ1n) is 4.95. The molecule has 8 heteroatoms. The van der Waals surface area contributed by atoms with Gasteiger partial charge in [-0.15, -0.1) is 13.2 Å². The lowest BCUT2D eigenvalue weighted by atomic mass is 10.1. The molecule has 0 saturated carbocycles. The zero-order valence-corrected chi connectivity index (χ0v) is 10.3. The zero-order valence-electron chi connectivity index (χ0n) is 9.55. The lowest BCUT2D eigenvalue weighted by molar-refractivity contribution is -0.274. The molecular formula is C11H7ClF3NO3. The van der Waals surface area contributed by atoms with E-state index in [0.29, 0.717) is 0 Å². The second-order valence-electron chi connectivity index (χ2n) is 3.21. The Kier molecular flexibility index (Phi) is 4.62. The summed E-state index contributed by atoms with van der Waals surface area (Å²) in [6.07, 6.45) is -4.98. The number of ether oxygens (including phenoxy) is 2. The molecule has 0 radical (unpaired) electrons. The average molecular weight is 294 g/mol. The van der Waals surface area contributed by atoms with Crippen molar-refractivity contribution >= 4 is 17.6 Å². The molecule has 1 aromatic rings. The molecular weight excluding hydrogens is 287 g/mol. The summed E-state index contributed by atoms with van der Waals surface area (Å²) in [4.78, 5) is 11.5. The van der Waals surface area contributed by atoms with Crippen LogP contribution in [0.25, 0.3) is 0 Å². The highest BCUT2D eigenvalue weighted by Crippen LogP contribution is 2.31. The molecule has 0 bridgehead atoms. The van der Waals surface area contributed by atoms with Gasteiger partial charge in [0.2, 0.25) is 0 Å². The summed E-state index contributed by atoms with van der Waals surface area (Å²) in [6.45, 7) is 1.56. The molecule has 0 unspecified atom stereocenters. The van der Waals surface area contributed by atoms with E-state index in [-0.39, 0.29) is 17.2 Å². The number of nitrogens with zero attached hydrogens (tertiary/aromatic N) is 1. The number of alkyl halides is 3. The second-order valence-corrected chi connectivity index (χ2v) is 3.62. The van der Waals surface area contributed by atoms with Crippen molar-refractivity contribution in [2.45, 2.75) is 13.3 Å². The topological polar surface area (TPSA) is 59.3 Å². The van der Waals surface area contributed by atoms with E-state index in [1.54, 1.807) is 0 Å². The van der Waals surface area contributed by atoms with Crippen molar-refractivity contribution in [2.75, 3.05) is 6.61 Å². The summed E-state index contributed by atoms with van der Waals surface area (Å²) in [5.41, 5.74) is -0.739. The molecule has 0 heterocycles. The number of nitriles is 1. The van der Waals surface area contributed by atoms with Gasteiger partial charge in [0.25, 0.3) is 0 Å². The molecule has 0 aliphatic carbocycles. The van der Waals surface area contributed by atoms with E-state index in [9.17, 15) is 18.0 Å². The third kappa shape index (κ3) is 4.03. The molecule has 1 aromatic carbocycles. The minimum Gasteiger partial charge on any atom is -0.462 e. The first kappa shape index (κ1) is 15.1. The van der Waals surface area contributed by atoms with E-state index < -0.39 is 23.6 Å². The van der Waals surface area contributed by atoms with Crippen LogP contribution in [0, 0.1) is 11.3 Å². The normalized spacial score (nSPS) is 10.7. The van der Waals surface area contributed by atoms with Crippen LogP contribution in [0.2, 0.25) is 5.02 Å². The molecule has 0 aliphatic rings. The largest absolute Gasteiger partial charge is 0.573 e. The summed E-state index contributed by atoms with van der Waals surface area (Å²) in [7, 11) is 0. The van der Waals surface area contributed by atoms with E-state index in [0.717, 1.165) is 12.1 Å². The third-order valence-electron chi connectivity index (χ3n) is 1.91. The summed E-state index contributed by atoms with van der Waals surface area (Å²) in [5, 5.41) is 8.51. The standard InChI is InChI=1S/C11H7ClF3NO3/c1-2-18-10(17)7-4-9(19-11(13,14)15)6(5-16)3-8(7)12/h3-4H,2H2,1H3. The van der Waals surface area contributed by atoms with Crippen molar-refractivity contribution in [2.24, 2.45) is 0 Å². The Balaban J connectivity index is 3.26. The first-order valence-corrected chi connectivity index (χ1v) is 5.32. The predicted molar refractivity (Wildman–Crippen MR) is 58.8 cm³/mol. The van der Waals surface area contributed by atoms with Gasteiger partial charge in [-0.05, 0) is 19.1 Å². The van der Waals surface area contributed by atoms with Crippen LogP contribution in [0.4, 0.5) is 13.2 Å². The molecule has 0 spiro atoms. The van der Waals surface area contributed by atoms with E-state index in [1.807, 2.05) is 0 Å². The SMILES string of the molecule is CCOC(=O)c1cc(OC(F)(F)F)c(C#N)cc1Cl.